The molecule has 47 heavy (non-hydrogen) atoms. The van der Waals surface area contributed by atoms with E-state index < -0.39 is 28.1 Å². The number of hydrogen-bond donors (Lipinski definition) is 2. The second kappa shape index (κ2) is 16.2. The maximum absolute atomic E-state index is 14.4. The van der Waals surface area contributed by atoms with Crippen molar-refractivity contribution in [3.05, 3.63) is 83.7 Å². The Morgan fingerprint density at radius 3 is 2.49 bits per heavy atom. The molecule has 2 amide bonds. The first kappa shape index (κ1) is 35.8. The summed E-state index contributed by atoms with van der Waals surface area (Å²) in [6.07, 6.45) is 4.81. The Morgan fingerprint density at radius 1 is 1.11 bits per heavy atom. The van der Waals surface area contributed by atoms with Crippen LogP contribution in [0.4, 0.5) is 5.69 Å². The molecular formula is C35H46N4O7S. The Morgan fingerprint density at radius 2 is 1.81 bits per heavy atom. The molecule has 0 unspecified atom stereocenters. The van der Waals surface area contributed by atoms with Gasteiger partial charge in [-0.3, -0.25) is 19.3 Å². The van der Waals surface area contributed by atoms with Crippen molar-refractivity contribution in [3.8, 4) is 5.75 Å². The van der Waals surface area contributed by atoms with Crippen LogP contribution in [0.2, 0.25) is 0 Å². The number of aromatic nitrogens is 1. The molecule has 1 aliphatic heterocycles. The fourth-order valence-electron chi connectivity index (χ4n) is 5.45. The Bertz CT molecular complexity index is 1600. The minimum Gasteiger partial charge on any atom is -0.490 e. The molecule has 12 heteroatoms. The number of likely N-dealkylation sites (N-methyl/N-ethyl adjacent to an activating group) is 1. The number of fused-ring (bicyclic) bond motifs is 1. The number of rotatable bonds is 8. The van der Waals surface area contributed by atoms with Crippen LogP contribution in [0.15, 0.2) is 71.9 Å². The molecule has 0 fully saturated rings. The van der Waals surface area contributed by atoms with Crippen LogP contribution in [0.1, 0.15) is 66.3 Å². The van der Waals surface area contributed by atoms with Crippen LogP contribution < -0.4 is 9.46 Å². The number of anilines is 1. The first-order chi connectivity index (χ1) is 22.4. The molecule has 254 valence electrons. The largest absolute Gasteiger partial charge is 0.490 e. The highest BCUT2D eigenvalue weighted by Crippen LogP contribution is 2.29. The first-order valence-corrected chi connectivity index (χ1v) is 17.5. The van der Waals surface area contributed by atoms with Crippen molar-refractivity contribution in [2.24, 2.45) is 5.92 Å². The normalized spacial score (nSPS) is 20.3. The number of aryl methyl sites for hydroxylation is 1. The summed E-state index contributed by atoms with van der Waals surface area (Å²) in [5.74, 6) is -0.500. The number of aliphatic hydroxyl groups is 1. The number of amides is 2. The lowest BCUT2D eigenvalue weighted by Crippen LogP contribution is -2.48. The van der Waals surface area contributed by atoms with Crippen LogP contribution in [-0.4, -0.2) is 91.7 Å². The molecule has 11 nitrogen and oxygen atoms in total. The fourth-order valence-corrected chi connectivity index (χ4v) is 6.50. The van der Waals surface area contributed by atoms with Crippen LogP contribution in [0.25, 0.3) is 0 Å². The minimum atomic E-state index is -3.93. The zero-order valence-corrected chi connectivity index (χ0v) is 28.6. The maximum Gasteiger partial charge on any atom is 0.261 e. The van der Waals surface area contributed by atoms with Crippen molar-refractivity contribution in [2.75, 3.05) is 38.1 Å². The standard InChI is InChI=1S/C35H46N4O7S/c1-24-9-12-30(13-10-24)47(43,44)37-29-11-14-32-31(20-29)35(42)39(26(3)23-40)21-25(2)33(45-19-7-6-8-27(4)46-32)22-38(5)34(41)28-15-17-36-18-16-28/h9-18,20,25-27,33,37,40H,6-8,19,21-23H2,1-5H3/t25-,26+,27+,33-/m1/s1. The van der Waals surface area contributed by atoms with E-state index in [9.17, 15) is 23.1 Å². The number of sulfonamides is 1. The van der Waals surface area contributed by atoms with Gasteiger partial charge in [-0.1, -0.05) is 24.6 Å². The summed E-state index contributed by atoms with van der Waals surface area (Å²) in [6.45, 7) is 8.18. The number of benzene rings is 2. The Labute approximate surface area is 278 Å². The van der Waals surface area contributed by atoms with E-state index in [1.807, 2.05) is 20.8 Å². The van der Waals surface area contributed by atoms with Crippen LogP contribution in [0, 0.1) is 12.8 Å². The summed E-state index contributed by atoms with van der Waals surface area (Å²) in [6, 6.07) is 13.9. The number of nitrogens with zero attached hydrogens (tertiary/aromatic N) is 3. The van der Waals surface area contributed by atoms with Gasteiger partial charge in [0.2, 0.25) is 0 Å². The highest BCUT2D eigenvalue weighted by Gasteiger charge is 2.31. The number of ether oxygens (including phenoxy) is 2. The second-order valence-electron chi connectivity index (χ2n) is 12.4. The van der Waals surface area contributed by atoms with Gasteiger partial charge in [-0.25, -0.2) is 8.42 Å². The SMILES string of the molecule is Cc1ccc(S(=O)(=O)Nc2ccc3c(c2)C(=O)N([C@@H](C)CO)C[C@@H](C)[C@@H](CN(C)C(=O)c2ccncc2)OCCCC[C@H](C)O3)cc1. The molecule has 0 spiro atoms. The monoisotopic (exact) mass is 666 g/mol. The third-order valence-electron chi connectivity index (χ3n) is 8.36. The Kier molecular flexibility index (Phi) is 12.4. The third kappa shape index (κ3) is 9.52. The summed E-state index contributed by atoms with van der Waals surface area (Å²) in [5.41, 5.74) is 1.82. The van der Waals surface area contributed by atoms with E-state index in [1.165, 1.54) is 18.2 Å². The van der Waals surface area contributed by atoms with Gasteiger partial charge in [-0.2, -0.15) is 0 Å². The maximum atomic E-state index is 14.4. The lowest BCUT2D eigenvalue weighted by atomic mass is 10.0. The van der Waals surface area contributed by atoms with Crippen LogP contribution in [0.5, 0.6) is 5.75 Å². The van der Waals surface area contributed by atoms with Crippen molar-refractivity contribution in [1.29, 1.82) is 0 Å². The molecule has 0 bridgehead atoms. The van der Waals surface area contributed by atoms with Gasteiger partial charge in [-0.05, 0) is 82.5 Å². The average molecular weight is 667 g/mol. The molecular weight excluding hydrogens is 620 g/mol. The Balaban J connectivity index is 1.66. The smallest absolute Gasteiger partial charge is 0.261 e. The van der Waals surface area contributed by atoms with Crippen LogP contribution in [0.3, 0.4) is 0 Å². The van der Waals surface area contributed by atoms with Crippen molar-refractivity contribution >= 4 is 27.5 Å². The van der Waals surface area contributed by atoms with Gasteiger partial charge in [0.15, 0.2) is 0 Å². The van der Waals surface area contributed by atoms with E-state index in [2.05, 4.69) is 9.71 Å². The van der Waals surface area contributed by atoms with Gasteiger partial charge >= 0.3 is 0 Å². The number of carbonyl (C=O) groups excluding carboxylic acids is 2. The highest BCUT2D eigenvalue weighted by molar-refractivity contribution is 7.92. The van der Waals surface area contributed by atoms with Crippen molar-refractivity contribution in [3.63, 3.8) is 0 Å². The Hall–Kier alpha value is -4.00. The van der Waals surface area contributed by atoms with E-state index in [1.54, 1.807) is 72.6 Å². The summed E-state index contributed by atoms with van der Waals surface area (Å²) < 4.78 is 41.6. The average Bonchev–Trinajstić information content (AvgIpc) is 3.06. The van der Waals surface area contributed by atoms with Gasteiger partial charge in [0.05, 0.1) is 35.3 Å². The molecule has 0 radical (unpaired) electrons. The number of pyridine rings is 1. The number of nitrogens with one attached hydrogen (secondary N) is 1. The zero-order chi connectivity index (χ0) is 34.1. The molecule has 4 rings (SSSR count). The molecule has 3 aromatic rings. The number of carbonyl (C=O) groups is 2. The summed E-state index contributed by atoms with van der Waals surface area (Å²) in [7, 11) is -2.21. The minimum absolute atomic E-state index is 0.0992. The van der Waals surface area contributed by atoms with Crippen molar-refractivity contribution in [1.82, 2.24) is 14.8 Å². The quantitative estimate of drug-likeness (QED) is 0.351. The van der Waals surface area contributed by atoms with Crippen molar-refractivity contribution < 1.29 is 32.6 Å². The zero-order valence-electron chi connectivity index (χ0n) is 27.8. The lowest BCUT2D eigenvalue weighted by Gasteiger charge is -2.36. The van der Waals surface area contributed by atoms with Gasteiger partial charge in [0.1, 0.15) is 5.75 Å². The molecule has 0 aliphatic carbocycles. The highest BCUT2D eigenvalue weighted by atomic mass is 32.2. The van der Waals surface area contributed by atoms with E-state index >= 15 is 0 Å². The van der Waals surface area contributed by atoms with E-state index in [4.69, 9.17) is 9.47 Å². The van der Waals surface area contributed by atoms with E-state index in [0.29, 0.717) is 30.9 Å². The predicted molar refractivity (Wildman–Crippen MR) is 180 cm³/mol. The molecule has 1 aromatic heterocycles. The molecule has 4 atom stereocenters. The van der Waals surface area contributed by atoms with E-state index in [0.717, 1.165) is 18.4 Å². The first-order valence-electron chi connectivity index (χ1n) is 16.0. The van der Waals surface area contributed by atoms with Crippen LogP contribution in [-0.2, 0) is 14.8 Å². The summed E-state index contributed by atoms with van der Waals surface area (Å²) >= 11 is 0. The van der Waals surface area contributed by atoms with Crippen molar-refractivity contribution in [2.45, 2.75) is 70.1 Å². The molecule has 2 heterocycles. The predicted octanol–water partition coefficient (Wildman–Crippen LogP) is 4.76. The number of hydrogen-bond acceptors (Lipinski definition) is 8. The topological polar surface area (TPSA) is 138 Å². The second-order valence-corrected chi connectivity index (χ2v) is 14.0. The van der Waals surface area contributed by atoms with Gasteiger partial charge in [0, 0.05) is 56.3 Å². The number of aliphatic hydroxyl groups excluding tert-OH is 1. The summed E-state index contributed by atoms with van der Waals surface area (Å²) in [5, 5.41) is 10.2. The molecule has 0 saturated heterocycles. The van der Waals surface area contributed by atoms with Gasteiger partial charge in [-0.15, -0.1) is 0 Å². The molecule has 2 aromatic carbocycles. The summed E-state index contributed by atoms with van der Waals surface area (Å²) in [4.78, 5) is 34.8. The third-order valence-corrected chi connectivity index (χ3v) is 9.76. The van der Waals surface area contributed by atoms with E-state index in [-0.39, 0.29) is 47.2 Å². The fraction of sp³-hybridized carbons (Fsp3) is 0.457. The molecule has 2 N–H and O–H groups in total. The molecule has 0 saturated carbocycles. The van der Waals surface area contributed by atoms with Gasteiger partial charge in [0.25, 0.3) is 21.8 Å². The lowest BCUT2D eigenvalue weighted by molar-refractivity contribution is -0.0149. The van der Waals surface area contributed by atoms with Gasteiger partial charge < -0.3 is 24.4 Å². The molecule has 1 aliphatic rings. The van der Waals surface area contributed by atoms with Crippen LogP contribution >= 0.6 is 0 Å².